The minimum atomic E-state index is -0.158. The van der Waals surface area contributed by atoms with Gasteiger partial charge in [-0.2, -0.15) is 0 Å². The van der Waals surface area contributed by atoms with Gasteiger partial charge in [0.2, 0.25) is 0 Å². The Bertz CT molecular complexity index is 1030. The Hall–Kier alpha value is -3.39. The van der Waals surface area contributed by atoms with Gasteiger partial charge >= 0.3 is 0 Å². The lowest BCUT2D eigenvalue weighted by Gasteiger charge is -2.35. The average Bonchev–Trinajstić information content (AvgIpc) is 2.80. The maximum atomic E-state index is 12.5. The van der Waals surface area contributed by atoms with Crippen LogP contribution in [0.3, 0.4) is 0 Å². The maximum Gasteiger partial charge on any atom is 0.270 e. The Kier molecular flexibility index (Phi) is 4.61. The Morgan fingerprint density at radius 2 is 2.10 bits per heavy atom. The van der Waals surface area contributed by atoms with Crippen molar-refractivity contribution in [3.8, 4) is 11.4 Å². The maximum absolute atomic E-state index is 12.5. The predicted molar refractivity (Wildman–Crippen MR) is 106 cm³/mol. The van der Waals surface area contributed by atoms with Crippen molar-refractivity contribution in [1.82, 2.24) is 25.3 Å². The zero-order valence-corrected chi connectivity index (χ0v) is 15.8. The molecule has 3 aromatic heterocycles. The van der Waals surface area contributed by atoms with Crippen LogP contribution in [0.4, 0.5) is 5.82 Å². The van der Waals surface area contributed by atoms with E-state index in [-0.39, 0.29) is 12.0 Å². The van der Waals surface area contributed by atoms with Gasteiger partial charge in [-0.15, -0.1) is 0 Å². The Labute approximate surface area is 168 Å². The van der Waals surface area contributed by atoms with Gasteiger partial charge in [0.1, 0.15) is 17.6 Å². The fourth-order valence-corrected chi connectivity index (χ4v) is 3.75. The monoisotopic (exact) mass is 388 g/mol. The largest absolute Gasteiger partial charge is 0.368 e. The van der Waals surface area contributed by atoms with Crippen LogP contribution in [-0.4, -0.2) is 52.1 Å². The summed E-state index contributed by atoms with van der Waals surface area (Å²) in [6.45, 7) is 2.46. The van der Waals surface area contributed by atoms with Gasteiger partial charge in [-0.1, -0.05) is 6.07 Å². The standard InChI is InChI=1S/C21H20N6O2/c28-21-18-15(6-9-24-21)20(26-19(25-18)14-4-3-7-22-12-14)27-10-11-29-17(13-27)16-5-1-2-8-23-16/h1-5,7-8,12,17H,6,9-11,13H2,(H,24,28). The molecule has 0 radical (unpaired) electrons. The summed E-state index contributed by atoms with van der Waals surface area (Å²) in [5.41, 5.74) is 3.01. The van der Waals surface area contributed by atoms with E-state index >= 15 is 0 Å². The number of morpholine rings is 1. The normalized spacial score (nSPS) is 18.8. The summed E-state index contributed by atoms with van der Waals surface area (Å²) >= 11 is 0. The molecule has 1 unspecified atom stereocenters. The lowest BCUT2D eigenvalue weighted by molar-refractivity contribution is 0.0367. The van der Waals surface area contributed by atoms with Crippen molar-refractivity contribution in [2.45, 2.75) is 12.5 Å². The Morgan fingerprint density at radius 1 is 1.14 bits per heavy atom. The molecule has 1 saturated heterocycles. The summed E-state index contributed by atoms with van der Waals surface area (Å²) in [5.74, 6) is 1.15. The topological polar surface area (TPSA) is 93.1 Å². The first kappa shape index (κ1) is 17.7. The second kappa shape index (κ2) is 7.56. The highest BCUT2D eigenvalue weighted by Gasteiger charge is 2.30. The van der Waals surface area contributed by atoms with E-state index in [1.54, 1.807) is 18.6 Å². The molecule has 1 atom stereocenters. The molecule has 1 fully saturated rings. The van der Waals surface area contributed by atoms with Gasteiger partial charge < -0.3 is 15.0 Å². The zero-order chi connectivity index (χ0) is 19.6. The Balaban J connectivity index is 1.56. The van der Waals surface area contributed by atoms with Crippen molar-refractivity contribution >= 4 is 11.7 Å². The van der Waals surface area contributed by atoms with Gasteiger partial charge in [0.15, 0.2) is 5.82 Å². The van der Waals surface area contributed by atoms with Crippen molar-refractivity contribution < 1.29 is 9.53 Å². The van der Waals surface area contributed by atoms with Crippen molar-refractivity contribution in [1.29, 1.82) is 0 Å². The number of carbonyl (C=O) groups excluding carboxylic acids is 1. The number of nitrogens with one attached hydrogen (secondary N) is 1. The molecule has 1 amide bonds. The van der Waals surface area contributed by atoms with Crippen LogP contribution in [0.1, 0.15) is 27.8 Å². The highest BCUT2D eigenvalue weighted by molar-refractivity contribution is 5.96. The first-order chi connectivity index (χ1) is 14.3. The third kappa shape index (κ3) is 3.42. The van der Waals surface area contributed by atoms with Gasteiger partial charge in [-0.3, -0.25) is 14.8 Å². The van der Waals surface area contributed by atoms with Crippen LogP contribution in [0.15, 0.2) is 48.9 Å². The van der Waals surface area contributed by atoms with Crippen LogP contribution in [-0.2, 0) is 11.2 Å². The molecule has 2 aliphatic heterocycles. The molecular formula is C21H20N6O2. The number of hydrogen-bond donors (Lipinski definition) is 1. The van der Waals surface area contributed by atoms with E-state index in [0.29, 0.717) is 44.2 Å². The van der Waals surface area contributed by atoms with E-state index in [4.69, 9.17) is 9.72 Å². The first-order valence-electron chi connectivity index (χ1n) is 9.66. The van der Waals surface area contributed by atoms with Crippen molar-refractivity contribution in [2.75, 3.05) is 31.1 Å². The molecule has 0 saturated carbocycles. The lowest BCUT2D eigenvalue weighted by Crippen LogP contribution is -2.41. The van der Waals surface area contributed by atoms with Gasteiger partial charge in [-0.05, 0) is 30.7 Å². The van der Waals surface area contributed by atoms with E-state index in [2.05, 4.69) is 25.2 Å². The summed E-state index contributed by atoms with van der Waals surface area (Å²) in [5, 5.41) is 2.88. The van der Waals surface area contributed by atoms with Crippen molar-refractivity contribution in [3.63, 3.8) is 0 Å². The molecule has 0 bridgehead atoms. The van der Waals surface area contributed by atoms with Crippen LogP contribution < -0.4 is 10.2 Å². The molecule has 0 aliphatic carbocycles. The third-order valence-electron chi connectivity index (χ3n) is 5.16. The molecule has 8 nitrogen and oxygen atoms in total. The number of rotatable bonds is 3. The molecule has 0 spiro atoms. The molecule has 5 heterocycles. The smallest absolute Gasteiger partial charge is 0.270 e. The van der Waals surface area contributed by atoms with E-state index < -0.39 is 0 Å². The van der Waals surface area contributed by atoms with E-state index in [1.165, 1.54) is 0 Å². The summed E-state index contributed by atoms with van der Waals surface area (Å²) in [6.07, 6.45) is 5.75. The van der Waals surface area contributed by atoms with E-state index in [1.807, 2.05) is 30.3 Å². The molecule has 3 aromatic rings. The summed E-state index contributed by atoms with van der Waals surface area (Å²) < 4.78 is 5.96. The minimum Gasteiger partial charge on any atom is -0.368 e. The molecule has 8 heteroatoms. The summed E-state index contributed by atoms with van der Waals surface area (Å²) in [6, 6.07) is 9.56. The van der Waals surface area contributed by atoms with E-state index in [0.717, 1.165) is 22.6 Å². The van der Waals surface area contributed by atoms with Gasteiger partial charge in [0, 0.05) is 42.8 Å². The highest BCUT2D eigenvalue weighted by atomic mass is 16.5. The average molecular weight is 388 g/mol. The summed E-state index contributed by atoms with van der Waals surface area (Å²) in [4.78, 5) is 32.7. The fourth-order valence-electron chi connectivity index (χ4n) is 3.75. The van der Waals surface area contributed by atoms with Gasteiger partial charge in [0.25, 0.3) is 5.91 Å². The fraction of sp³-hybridized carbons (Fsp3) is 0.286. The number of nitrogens with zero attached hydrogens (tertiary/aromatic N) is 5. The van der Waals surface area contributed by atoms with Crippen LogP contribution in [0.2, 0.25) is 0 Å². The molecule has 2 aliphatic rings. The molecule has 1 N–H and O–H groups in total. The van der Waals surface area contributed by atoms with E-state index in [9.17, 15) is 4.79 Å². The van der Waals surface area contributed by atoms with Crippen LogP contribution >= 0.6 is 0 Å². The number of amides is 1. The third-order valence-corrected chi connectivity index (χ3v) is 5.16. The number of carbonyl (C=O) groups is 1. The SMILES string of the molecule is O=C1NCCc2c1nc(-c1cccnc1)nc2N1CCOC(c2ccccn2)C1. The predicted octanol–water partition coefficient (Wildman–Crippen LogP) is 1.80. The quantitative estimate of drug-likeness (QED) is 0.731. The second-order valence-corrected chi connectivity index (χ2v) is 7.01. The Morgan fingerprint density at radius 3 is 2.93 bits per heavy atom. The molecule has 146 valence electrons. The highest BCUT2D eigenvalue weighted by Crippen LogP contribution is 2.30. The van der Waals surface area contributed by atoms with Gasteiger partial charge in [0.05, 0.1) is 18.8 Å². The number of ether oxygens (including phenoxy) is 1. The second-order valence-electron chi connectivity index (χ2n) is 7.01. The summed E-state index contributed by atoms with van der Waals surface area (Å²) in [7, 11) is 0. The van der Waals surface area contributed by atoms with Crippen LogP contribution in [0.25, 0.3) is 11.4 Å². The molecule has 5 rings (SSSR count). The number of anilines is 1. The van der Waals surface area contributed by atoms with Gasteiger partial charge in [-0.25, -0.2) is 9.97 Å². The first-order valence-corrected chi connectivity index (χ1v) is 9.66. The van der Waals surface area contributed by atoms with Crippen LogP contribution in [0.5, 0.6) is 0 Å². The van der Waals surface area contributed by atoms with Crippen LogP contribution in [0, 0.1) is 0 Å². The minimum absolute atomic E-state index is 0.144. The molecule has 0 aromatic carbocycles. The number of pyridine rings is 2. The van der Waals surface area contributed by atoms with Crippen molar-refractivity contribution in [3.05, 3.63) is 65.9 Å². The molecule has 29 heavy (non-hydrogen) atoms. The zero-order valence-electron chi connectivity index (χ0n) is 15.8. The number of hydrogen-bond acceptors (Lipinski definition) is 7. The number of fused-ring (bicyclic) bond motifs is 1. The molecular weight excluding hydrogens is 368 g/mol. The lowest BCUT2D eigenvalue weighted by atomic mass is 10.0. The number of aromatic nitrogens is 4. The van der Waals surface area contributed by atoms with Crippen molar-refractivity contribution in [2.24, 2.45) is 0 Å².